The second-order valence-electron chi connectivity index (χ2n) is 5.96. The molecule has 0 bridgehead atoms. The van der Waals surface area contributed by atoms with Crippen molar-refractivity contribution in [2.75, 3.05) is 12.3 Å². The van der Waals surface area contributed by atoms with Crippen molar-refractivity contribution in [3.05, 3.63) is 17.1 Å². The summed E-state index contributed by atoms with van der Waals surface area (Å²) in [6, 6.07) is 0. The molecule has 2 heterocycles. The van der Waals surface area contributed by atoms with E-state index in [0.29, 0.717) is 25.3 Å². The maximum atomic E-state index is 12.1. The van der Waals surface area contributed by atoms with Crippen LogP contribution in [0.3, 0.4) is 0 Å². The maximum Gasteiger partial charge on any atom is 0.410 e. The largest absolute Gasteiger partial charge is 0.444 e. The lowest BCUT2D eigenvalue weighted by Crippen LogP contribution is -2.40. The molecular formula is C14H22N4O2. The summed E-state index contributed by atoms with van der Waals surface area (Å²) >= 11 is 0. The Morgan fingerprint density at radius 3 is 2.70 bits per heavy atom. The van der Waals surface area contributed by atoms with Gasteiger partial charge < -0.3 is 15.4 Å². The Bertz CT molecular complexity index is 523. The van der Waals surface area contributed by atoms with Gasteiger partial charge >= 0.3 is 6.09 Å². The van der Waals surface area contributed by atoms with E-state index in [9.17, 15) is 4.79 Å². The van der Waals surface area contributed by atoms with Gasteiger partial charge in [-0.05, 0) is 20.8 Å². The standard InChI is InChI=1S/C14H22N4O2/c1-5-11-16-10-6-7-18(8-9(10)12(15)17-11)13(19)20-14(2,3)4/h5-8H2,1-4H3,(H2,15,16,17). The second-order valence-corrected chi connectivity index (χ2v) is 5.96. The molecule has 6 heteroatoms. The van der Waals surface area contributed by atoms with E-state index < -0.39 is 5.60 Å². The number of carbonyl (C=O) groups excluding carboxylic acids is 1. The number of nitrogens with zero attached hydrogens (tertiary/aromatic N) is 3. The minimum Gasteiger partial charge on any atom is -0.444 e. The summed E-state index contributed by atoms with van der Waals surface area (Å²) in [6.07, 6.45) is 1.13. The van der Waals surface area contributed by atoms with Gasteiger partial charge in [0.05, 0.1) is 12.2 Å². The molecule has 0 radical (unpaired) electrons. The number of anilines is 1. The number of aromatic nitrogens is 2. The summed E-state index contributed by atoms with van der Waals surface area (Å²) in [6.45, 7) is 8.58. The van der Waals surface area contributed by atoms with Crippen LogP contribution in [0.15, 0.2) is 0 Å². The van der Waals surface area contributed by atoms with Crippen LogP contribution in [0.1, 0.15) is 44.8 Å². The highest BCUT2D eigenvalue weighted by molar-refractivity contribution is 5.69. The number of nitrogen functional groups attached to an aromatic ring is 1. The van der Waals surface area contributed by atoms with Crippen molar-refractivity contribution in [1.29, 1.82) is 0 Å². The van der Waals surface area contributed by atoms with E-state index in [0.717, 1.165) is 23.5 Å². The molecule has 2 N–H and O–H groups in total. The van der Waals surface area contributed by atoms with Gasteiger partial charge in [0.15, 0.2) is 0 Å². The highest BCUT2D eigenvalue weighted by Crippen LogP contribution is 2.23. The van der Waals surface area contributed by atoms with Gasteiger partial charge in [-0.1, -0.05) is 6.92 Å². The molecule has 0 aromatic carbocycles. The lowest BCUT2D eigenvalue weighted by Gasteiger charge is -2.31. The molecule has 0 saturated heterocycles. The molecule has 1 aliphatic rings. The van der Waals surface area contributed by atoms with Gasteiger partial charge in [-0.3, -0.25) is 0 Å². The van der Waals surface area contributed by atoms with Crippen LogP contribution in [-0.4, -0.2) is 33.1 Å². The molecule has 1 aromatic rings. The van der Waals surface area contributed by atoms with Crippen LogP contribution in [0, 0.1) is 0 Å². The maximum absolute atomic E-state index is 12.1. The van der Waals surface area contributed by atoms with Gasteiger partial charge in [-0.15, -0.1) is 0 Å². The third-order valence-electron chi connectivity index (χ3n) is 3.11. The van der Waals surface area contributed by atoms with Gasteiger partial charge in [0.25, 0.3) is 0 Å². The van der Waals surface area contributed by atoms with E-state index in [-0.39, 0.29) is 6.09 Å². The first-order valence-electron chi connectivity index (χ1n) is 6.92. The van der Waals surface area contributed by atoms with Crippen molar-refractivity contribution < 1.29 is 9.53 Å². The zero-order chi connectivity index (χ0) is 14.9. The van der Waals surface area contributed by atoms with Crippen molar-refractivity contribution in [2.24, 2.45) is 0 Å². The Hall–Kier alpha value is -1.85. The van der Waals surface area contributed by atoms with Crippen LogP contribution in [0.5, 0.6) is 0 Å². The topological polar surface area (TPSA) is 81.3 Å². The number of fused-ring (bicyclic) bond motifs is 1. The highest BCUT2D eigenvalue weighted by atomic mass is 16.6. The van der Waals surface area contributed by atoms with E-state index >= 15 is 0 Å². The predicted octanol–water partition coefficient (Wildman–Crippen LogP) is 1.91. The first kappa shape index (κ1) is 14.6. The monoisotopic (exact) mass is 278 g/mol. The molecule has 0 aliphatic carbocycles. The average Bonchev–Trinajstić information content (AvgIpc) is 2.36. The molecule has 1 aliphatic heterocycles. The van der Waals surface area contributed by atoms with Crippen LogP contribution in [0.4, 0.5) is 10.6 Å². The molecule has 0 spiro atoms. The van der Waals surface area contributed by atoms with Crippen LogP contribution >= 0.6 is 0 Å². The summed E-state index contributed by atoms with van der Waals surface area (Å²) in [7, 11) is 0. The zero-order valence-corrected chi connectivity index (χ0v) is 12.6. The minimum absolute atomic E-state index is 0.317. The number of carbonyl (C=O) groups is 1. The van der Waals surface area contributed by atoms with E-state index in [1.54, 1.807) is 4.90 Å². The molecule has 6 nitrogen and oxygen atoms in total. The van der Waals surface area contributed by atoms with E-state index in [1.165, 1.54) is 0 Å². The number of hydrogen-bond donors (Lipinski definition) is 1. The van der Waals surface area contributed by atoms with Crippen LogP contribution in [0.25, 0.3) is 0 Å². The average molecular weight is 278 g/mol. The Balaban J connectivity index is 2.17. The zero-order valence-electron chi connectivity index (χ0n) is 12.6. The Morgan fingerprint density at radius 1 is 1.40 bits per heavy atom. The third kappa shape index (κ3) is 3.18. The molecule has 2 rings (SSSR count). The van der Waals surface area contributed by atoms with Crippen molar-refractivity contribution in [3.63, 3.8) is 0 Å². The van der Waals surface area contributed by atoms with Crippen molar-refractivity contribution in [2.45, 2.75) is 52.7 Å². The smallest absolute Gasteiger partial charge is 0.410 e. The van der Waals surface area contributed by atoms with E-state index in [2.05, 4.69) is 9.97 Å². The Labute approximate surface area is 119 Å². The van der Waals surface area contributed by atoms with Gasteiger partial charge in [-0.2, -0.15) is 0 Å². The lowest BCUT2D eigenvalue weighted by molar-refractivity contribution is 0.0223. The lowest BCUT2D eigenvalue weighted by atomic mass is 10.1. The normalized spacial score (nSPS) is 14.9. The van der Waals surface area contributed by atoms with Gasteiger partial charge in [0, 0.05) is 24.9 Å². The van der Waals surface area contributed by atoms with Gasteiger partial charge in [-0.25, -0.2) is 14.8 Å². The molecule has 0 atom stereocenters. The summed E-state index contributed by atoms with van der Waals surface area (Å²) in [5, 5.41) is 0. The highest BCUT2D eigenvalue weighted by Gasteiger charge is 2.28. The number of rotatable bonds is 1. The fraction of sp³-hybridized carbons (Fsp3) is 0.643. The minimum atomic E-state index is -0.495. The molecular weight excluding hydrogens is 256 g/mol. The fourth-order valence-corrected chi connectivity index (χ4v) is 2.13. The van der Waals surface area contributed by atoms with Crippen molar-refractivity contribution >= 4 is 11.9 Å². The van der Waals surface area contributed by atoms with Crippen molar-refractivity contribution in [1.82, 2.24) is 14.9 Å². The van der Waals surface area contributed by atoms with Crippen LogP contribution in [-0.2, 0) is 24.1 Å². The molecule has 1 aromatic heterocycles. The molecule has 1 amide bonds. The summed E-state index contributed by atoms with van der Waals surface area (Å²) in [5.41, 5.74) is 7.28. The van der Waals surface area contributed by atoms with Crippen LogP contribution < -0.4 is 5.73 Å². The number of nitrogens with two attached hydrogens (primary N) is 1. The summed E-state index contributed by atoms with van der Waals surface area (Å²) < 4.78 is 5.38. The number of amides is 1. The molecule has 0 saturated carbocycles. The first-order chi connectivity index (χ1) is 9.30. The number of aryl methyl sites for hydroxylation is 1. The molecule has 110 valence electrons. The summed E-state index contributed by atoms with van der Waals surface area (Å²) in [4.78, 5) is 22.5. The van der Waals surface area contributed by atoms with E-state index in [4.69, 9.17) is 10.5 Å². The first-order valence-corrected chi connectivity index (χ1v) is 6.92. The summed E-state index contributed by atoms with van der Waals surface area (Å²) in [5.74, 6) is 1.23. The van der Waals surface area contributed by atoms with Crippen LogP contribution in [0.2, 0.25) is 0 Å². The predicted molar refractivity (Wildman–Crippen MR) is 76.2 cm³/mol. The second kappa shape index (κ2) is 5.26. The molecule has 0 fully saturated rings. The Kier molecular flexibility index (Phi) is 3.83. The molecule has 20 heavy (non-hydrogen) atoms. The van der Waals surface area contributed by atoms with Gasteiger partial charge in [0.1, 0.15) is 17.2 Å². The molecule has 0 unspecified atom stereocenters. The quantitative estimate of drug-likeness (QED) is 0.848. The third-order valence-corrected chi connectivity index (χ3v) is 3.11. The van der Waals surface area contributed by atoms with E-state index in [1.807, 2.05) is 27.7 Å². The van der Waals surface area contributed by atoms with Gasteiger partial charge in [0.2, 0.25) is 0 Å². The number of ether oxygens (including phenoxy) is 1. The SMILES string of the molecule is CCc1nc(N)c2c(n1)CCN(C(=O)OC(C)(C)C)C2. The van der Waals surface area contributed by atoms with Crippen molar-refractivity contribution in [3.8, 4) is 0 Å². The number of hydrogen-bond acceptors (Lipinski definition) is 5. The fourth-order valence-electron chi connectivity index (χ4n) is 2.13. The Morgan fingerprint density at radius 2 is 2.10 bits per heavy atom.